The highest BCUT2D eigenvalue weighted by Crippen LogP contribution is 2.50. The van der Waals surface area contributed by atoms with Crippen molar-refractivity contribution in [2.75, 3.05) is 18.0 Å². The van der Waals surface area contributed by atoms with Crippen molar-refractivity contribution in [3.8, 4) is 11.1 Å². The molecule has 0 bridgehead atoms. The standard InChI is InChI=1S/C25H24N6O2S/c32-23(29-17-6-3-10-27-14-17)22-21-20-19(8-11-28-24(20)34-22)31(25(33)30-21)18-7-1-4-15(12-18)16-5-2-9-26-13-16/h1-2,4-5,7-9,11-13,17,21-22,27H,3,6,10,14H2,(H,29,32)(H,30,33)/t17?,21?,22-/m1/s1. The quantitative estimate of drug-likeness (QED) is 0.538. The highest BCUT2D eigenvalue weighted by molar-refractivity contribution is 8.01. The normalized spacial score (nSPS) is 23.2. The van der Waals surface area contributed by atoms with Gasteiger partial charge in [-0.1, -0.05) is 30.0 Å². The monoisotopic (exact) mass is 472 g/mol. The molecule has 1 fully saturated rings. The zero-order valence-electron chi connectivity index (χ0n) is 18.4. The van der Waals surface area contributed by atoms with E-state index in [0.29, 0.717) is 0 Å². The van der Waals surface area contributed by atoms with E-state index in [4.69, 9.17) is 0 Å². The van der Waals surface area contributed by atoms with E-state index in [1.165, 1.54) is 11.8 Å². The number of hydrogen-bond donors (Lipinski definition) is 3. The fraction of sp³-hybridized carbons (Fsp3) is 0.280. The van der Waals surface area contributed by atoms with Crippen LogP contribution >= 0.6 is 11.8 Å². The smallest absolute Gasteiger partial charge is 0.327 e. The first-order valence-corrected chi connectivity index (χ1v) is 12.3. The van der Waals surface area contributed by atoms with Gasteiger partial charge in [-0.3, -0.25) is 14.7 Å². The largest absolute Gasteiger partial charge is 0.351 e. The molecule has 2 unspecified atom stereocenters. The highest BCUT2D eigenvalue weighted by Gasteiger charge is 2.46. The summed E-state index contributed by atoms with van der Waals surface area (Å²) in [7, 11) is 0. The van der Waals surface area contributed by atoms with Crippen LogP contribution in [0.25, 0.3) is 11.1 Å². The zero-order valence-corrected chi connectivity index (χ0v) is 19.2. The van der Waals surface area contributed by atoms with Gasteiger partial charge in [0.2, 0.25) is 5.91 Å². The molecule has 3 aliphatic rings. The number of piperidine rings is 1. The van der Waals surface area contributed by atoms with Gasteiger partial charge in [-0.05, 0) is 49.2 Å². The molecular weight excluding hydrogens is 448 g/mol. The number of nitrogens with one attached hydrogen (secondary N) is 3. The maximum atomic E-state index is 13.4. The summed E-state index contributed by atoms with van der Waals surface area (Å²) < 4.78 is 0. The Morgan fingerprint density at radius 1 is 1.15 bits per heavy atom. The lowest BCUT2D eigenvalue weighted by atomic mass is 9.99. The van der Waals surface area contributed by atoms with Crippen LogP contribution in [0.5, 0.6) is 0 Å². The summed E-state index contributed by atoms with van der Waals surface area (Å²) in [6.07, 6.45) is 7.25. The number of urea groups is 1. The second kappa shape index (κ2) is 8.73. The van der Waals surface area contributed by atoms with Gasteiger partial charge in [0.15, 0.2) is 0 Å². The van der Waals surface area contributed by atoms with Crippen LogP contribution in [0.3, 0.4) is 0 Å². The van der Waals surface area contributed by atoms with Crippen LogP contribution < -0.4 is 20.9 Å². The van der Waals surface area contributed by atoms with E-state index in [1.807, 2.05) is 42.5 Å². The molecule has 3 aliphatic heterocycles. The molecular formula is C25H24N6O2S. The van der Waals surface area contributed by atoms with E-state index in [9.17, 15) is 9.59 Å². The number of benzene rings is 1. The van der Waals surface area contributed by atoms with E-state index in [0.717, 1.165) is 59.0 Å². The number of carbonyl (C=O) groups excluding carboxylic acids is 2. The van der Waals surface area contributed by atoms with Crippen molar-refractivity contribution in [3.63, 3.8) is 0 Å². The molecule has 34 heavy (non-hydrogen) atoms. The summed E-state index contributed by atoms with van der Waals surface area (Å²) in [4.78, 5) is 37.0. The molecule has 3 N–H and O–H groups in total. The Hall–Kier alpha value is -3.43. The number of thioether (sulfide) groups is 1. The maximum Gasteiger partial charge on any atom is 0.327 e. The summed E-state index contributed by atoms with van der Waals surface area (Å²) in [6.45, 7) is 1.76. The second-order valence-corrected chi connectivity index (χ2v) is 9.82. The first kappa shape index (κ1) is 21.1. The summed E-state index contributed by atoms with van der Waals surface area (Å²) in [5.74, 6) is -0.0556. The van der Waals surface area contributed by atoms with Gasteiger partial charge < -0.3 is 16.0 Å². The SMILES string of the molecule is O=C(NC1CCCNC1)[C@@H]1Sc2nccc3c2C1NC(=O)N3c1cccc(-c2cccnc2)c1. The van der Waals surface area contributed by atoms with Crippen molar-refractivity contribution < 1.29 is 9.59 Å². The molecule has 8 nitrogen and oxygen atoms in total. The minimum absolute atomic E-state index is 0.0556. The Labute approximate surface area is 201 Å². The van der Waals surface area contributed by atoms with Crippen LogP contribution in [0, 0.1) is 0 Å². The molecule has 0 aliphatic carbocycles. The predicted molar refractivity (Wildman–Crippen MR) is 131 cm³/mol. The van der Waals surface area contributed by atoms with Crippen LogP contribution in [0.15, 0.2) is 66.1 Å². The molecule has 3 aromatic rings. The van der Waals surface area contributed by atoms with Gasteiger partial charge >= 0.3 is 6.03 Å². The molecule has 1 saturated heterocycles. The van der Waals surface area contributed by atoms with Crippen molar-refractivity contribution in [2.45, 2.75) is 35.2 Å². The predicted octanol–water partition coefficient (Wildman–Crippen LogP) is 3.39. The van der Waals surface area contributed by atoms with Gasteiger partial charge in [0, 0.05) is 42.3 Å². The molecule has 2 aromatic heterocycles. The van der Waals surface area contributed by atoms with Gasteiger partial charge in [0.25, 0.3) is 0 Å². The Bertz CT molecular complexity index is 1250. The summed E-state index contributed by atoms with van der Waals surface area (Å²) in [6, 6.07) is 13.0. The zero-order chi connectivity index (χ0) is 23.1. The van der Waals surface area contributed by atoms with Crippen LogP contribution in [0.2, 0.25) is 0 Å². The molecule has 0 saturated carbocycles. The van der Waals surface area contributed by atoms with Gasteiger partial charge in [-0.2, -0.15) is 0 Å². The van der Waals surface area contributed by atoms with E-state index in [-0.39, 0.29) is 18.0 Å². The van der Waals surface area contributed by atoms with Crippen LogP contribution in [-0.2, 0) is 4.79 Å². The van der Waals surface area contributed by atoms with Crippen molar-refractivity contribution in [1.82, 2.24) is 25.9 Å². The number of amides is 3. The topological polar surface area (TPSA) is 99.2 Å². The van der Waals surface area contributed by atoms with Crippen molar-refractivity contribution in [1.29, 1.82) is 0 Å². The number of pyridine rings is 2. The van der Waals surface area contributed by atoms with Crippen molar-refractivity contribution >= 4 is 35.1 Å². The third-order valence-electron chi connectivity index (χ3n) is 6.51. The molecule has 1 aromatic carbocycles. The number of rotatable bonds is 4. The van der Waals surface area contributed by atoms with E-state index >= 15 is 0 Å². The van der Waals surface area contributed by atoms with E-state index < -0.39 is 11.3 Å². The first-order valence-electron chi connectivity index (χ1n) is 11.5. The second-order valence-electron chi connectivity index (χ2n) is 8.69. The number of carbonyl (C=O) groups is 2. The number of aromatic nitrogens is 2. The molecule has 0 spiro atoms. The Morgan fingerprint density at radius 3 is 2.88 bits per heavy atom. The fourth-order valence-corrected chi connectivity index (χ4v) is 6.13. The average molecular weight is 473 g/mol. The highest BCUT2D eigenvalue weighted by atomic mass is 32.2. The van der Waals surface area contributed by atoms with Gasteiger partial charge in [-0.25, -0.2) is 9.78 Å². The fourth-order valence-electron chi connectivity index (χ4n) is 4.90. The van der Waals surface area contributed by atoms with Crippen molar-refractivity contribution in [3.05, 3.63) is 66.6 Å². The average Bonchev–Trinajstić information content (AvgIpc) is 3.25. The molecule has 3 amide bonds. The number of nitrogens with zero attached hydrogens (tertiary/aromatic N) is 3. The third-order valence-corrected chi connectivity index (χ3v) is 7.80. The Balaban J connectivity index is 1.32. The van der Waals surface area contributed by atoms with Gasteiger partial charge in [0.05, 0.1) is 17.4 Å². The summed E-state index contributed by atoms with van der Waals surface area (Å²) >= 11 is 1.43. The number of anilines is 2. The minimum atomic E-state index is -0.446. The van der Waals surface area contributed by atoms with Crippen LogP contribution in [-0.4, -0.2) is 46.3 Å². The van der Waals surface area contributed by atoms with E-state index in [2.05, 4.69) is 25.9 Å². The van der Waals surface area contributed by atoms with Crippen LogP contribution in [0.1, 0.15) is 24.4 Å². The van der Waals surface area contributed by atoms with Crippen LogP contribution in [0.4, 0.5) is 16.2 Å². The maximum absolute atomic E-state index is 13.4. The summed E-state index contributed by atoms with van der Waals surface area (Å²) in [5.41, 5.74) is 4.37. The molecule has 172 valence electrons. The first-order chi connectivity index (χ1) is 16.7. The van der Waals surface area contributed by atoms with Gasteiger partial charge in [0.1, 0.15) is 10.3 Å². The summed E-state index contributed by atoms with van der Waals surface area (Å²) in [5, 5.41) is 9.92. The number of hydrogen-bond acceptors (Lipinski definition) is 6. The molecule has 6 rings (SSSR count). The molecule has 0 radical (unpaired) electrons. The minimum Gasteiger partial charge on any atom is -0.351 e. The van der Waals surface area contributed by atoms with Crippen molar-refractivity contribution in [2.24, 2.45) is 0 Å². The lowest BCUT2D eigenvalue weighted by Gasteiger charge is -2.34. The molecule has 3 atom stereocenters. The molecule has 5 heterocycles. The Kier molecular flexibility index (Phi) is 5.43. The molecule has 9 heteroatoms. The Morgan fingerprint density at radius 2 is 2.06 bits per heavy atom. The third kappa shape index (κ3) is 3.70. The lowest BCUT2D eigenvalue weighted by Crippen LogP contribution is -2.52. The van der Waals surface area contributed by atoms with Gasteiger partial charge in [-0.15, -0.1) is 0 Å². The van der Waals surface area contributed by atoms with E-state index in [1.54, 1.807) is 23.5 Å². The lowest BCUT2D eigenvalue weighted by molar-refractivity contribution is -0.121.